The summed E-state index contributed by atoms with van der Waals surface area (Å²) in [4.78, 5) is 3.83. The second-order valence-electron chi connectivity index (χ2n) is 2.75. The standard InChI is InChI=1S/C8H11N3O/c1-6(7(2)12)11-4-3-10-8(11)5-9/h3-4,6-7,12H,1-2H3. The van der Waals surface area contributed by atoms with Crippen molar-refractivity contribution < 1.29 is 5.11 Å². The topological polar surface area (TPSA) is 61.8 Å². The second kappa shape index (κ2) is 3.37. The van der Waals surface area contributed by atoms with E-state index in [0.29, 0.717) is 5.82 Å². The number of rotatable bonds is 2. The van der Waals surface area contributed by atoms with Crippen molar-refractivity contribution in [1.29, 1.82) is 5.26 Å². The first-order valence-corrected chi connectivity index (χ1v) is 3.77. The first-order chi connectivity index (χ1) is 5.66. The van der Waals surface area contributed by atoms with Gasteiger partial charge in [-0.15, -0.1) is 0 Å². The molecule has 0 fully saturated rings. The van der Waals surface area contributed by atoms with Crippen LogP contribution in [0, 0.1) is 11.3 Å². The van der Waals surface area contributed by atoms with Crippen molar-refractivity contribution in [1.82, 2.24) is 9.55 Å². The second-order valence-corrected chi connectivity index (χ2v) is 2.75. The summed E-state index contributed by atoms with van der Waals surface area (Å²) in [5.74, 6) is 0.336. The minimum absolute atomic E-state index is 0.109. The molecule has 2 atom stereocenters. The summed E-state index contributed by atoms with van der Waals surface area (Å²) in [5, 5.41) is 17.9. The molecule has 0 amide bonds. The van der Waals surface area contributed by atoms with E-state index in [4.69, 9.17) is 5.26 Å². The zero-order valence-electron chi connectivity index (χ0n) is 7.10. The molecule has 0 aliphatic rings. The third-order valence-corrected chi connectivity index (χ3v) is 1.91. The van der Waals surface area contributed by atoms with Crippen LogP contribution < -0.4 is 0 Å². The largest absolute Gasteiger partial charge is 0.391 e. The van der Waals surface area contributed by atoms with Crippen molar-refractivity contribution in [2.45, 2.75) is 26.0 Å². The first-order valence-electron chi connectivity index (χ1n) is 3.77. The fourth-order valence-corrected chi connectivity index (χ4v) is 0.961. The number of nitriles is 1. The Labute approximate surface area is 71.1 Å². The van der Waals surface area contributed by atoms with Crippen molar-refractivity contribution in [3.05, 3.63) is 18.2 Å². The lowest BCUT2D eigenvalue weighted by molar-refractivity contribution is 0.138. The molecule has 0 aliphatic carbocycles. The summed E-state index contributed by atoms with van der Waals surface area (Å²) in [6, 6.07) is 1.84. The van der Waals surface area contributed by atoms with E-state index in [9.17, 15) is 5.11 Å². The Balaban J connectivity index is 2.95. The monoisotopic (exact) mass is 165 g/mol. The lowest BCUT2D eigenvalue weighted by Crippen LogP contribution is -2.18. The van der Waals surface area contributed by atoms with Crippen LogP contribution in [0.4, 0.5) is 0 Å². The van der Waals surface area contributed by atoms with Gasteiger partial charge in [-0.3, -0.25) is 0 Å². The molecule has 0 saturated carbocycles. The maximum atomic E-state index is 9.25. The van der Waals surface area contributed by atoms with E-state index in [1.165, 1.54) is 0 Å². The number of imidazole rings is 1. The van der Waals surface area contributed by atoms with Crippen molar-refractivity contribution in [3.63, 3.8) is 0 Å². The maximum Gasteiger partial charge on any atom is 0.213 e. The predicted octanol–water partition coefficient (Wildman–Crippen LogP) is 0.697. The molecule has 12 heavy (non-hydrogen) atoms. The molecule has 1 N–H and O–H groups in total. The van der Waals surface area contributed by atoms with Gasteiger partial charge in [0.15, 0.2) is 0 Å². The van der Waals surface area contributed by atoms with E-state index in [-0.39, 0.29) is 6.04 Å². The molecule has 1 aromatic heterocycles. The van der Waals surface area contributed by atoms with Gasteiger partial charge < -0.3 is 9.67 Å². The van der Waals surface area contributed by atoms with Crippen molar-refractivity contribution in [2.24, 2.45) is 0 Å². The molecule has 1 heterocycles. The predicted molar refractivity (Wildman–Crippen MR) is 43.3 cm³/mol. The Kier molecular flexibility index (Phi) is 2.46. The molecular weight excluding hydrogens is 154 g/mol. The number of hydrogen-bond acceptors (Lipinski definition) is 3. The fraction of sp³-hybridized carbons (Fsp3) is 0.500. The van der Waals surface area contributed by atoms with Gasteiger partial charge in [0.05, 0.1) is 12.1 Å². The van der Waals surface area contributed by atoms with Crippen molar-refractivity contribution >= 4 is 0 Å². The number of hydrogen-bond donors (Lipinski definition) is 1. The molecule has 0 saturated heterocycles. The molecule has 0 aromatic carbocycles. The SMILES string of the molecule is CC(O)C(C)n1ccnc1C#N. The average Bonchev–Trinajstić information content (AvgIpc) is 2.49. The maximum absolute atomic E-state index is 9.25. The summed E-state index contributed by atoms with van der Waals surface area (Å²) in [6.07, 6.45) is 2.76. The molecule has 4 heteroatoms. The quantitative estimate of drug-likeness (QED) is 0.701. The third kappa shape index (κ3) is 1.46. The Morgan fingerprint density at radius 3 is 2.83 bits per heavy atom. The molecule has 64 valence electrons. The Morgan fingerprint density at radius 1 is 1.67 bits per heavy atom. The van der Waals surface area contributed by atoms with Gasteiger partial charge in [0.25, 0.3) is 0 Å². The molecule has 2 unspecified atom stereocenters. The lowest BCUT2D eigenvalue weighted by atomic mass is 10.2. The lowest BCUT2D eigenvalue weighted by Gasteiger charge is -2.16. The van der Waals surface area contributed by atoms with E-state index in [1.54, 1.807) is 23.9 Å². The van der Waals surface area contributed by atoms with Crippen LogP contribution in [-0.2, 0) is 0 Å². The van der Waals surface area contributed by atoms with Crippen molar-refractivity contribution in [3.8, 4) is 6.07 Å². The van der Waals surface area contributed by atoms with Gasteiger partial charge in [-0.1, -0.05) is 0 Å². The Bertz CT molecular complexity index is 297. The van der Waals surface area contributed by atoms with Crippen LogP contribution in [-0.4, -0.2) is 20.8 Å². The number of nitrogens with zero attached hydrogens (tertiary/aromatic N) is 3. The van der Waals surface area contributed by atoms with Crippen LogP contribution >= 0.6 is 0 Å². The highest BCUT2D eigenvalue weighted by atomic mass is 16.3. The highest BCUT2D eigenvalue weighted by molar-refractivity contribution is 5.12. The molecular formula is C8H11N3O. The fourth-order valence-electron chi connectivity index (χ4n) is 0.961. The first kappa shape index (κ1) is 8.75. The van der Waals surface area contributed by atoms with Crippen LogP contribution in [0.5, 0.6) is 0 Å². The molecule has 0 bridgehead atoms. The van der Waals surface area contributed by atoms with E-state index < -0.39 is 6.10 Å². The van der Waals surface area contributed by atoms with Gasteiger partial charge in [0, 0.05) is 12.4 Å². The highest BCUT2D eigenvalue weighted by Gasteiger charge is 2.13. The summed E-state index contributed by atoms with van der Waals surface area (Å²) in [7, 11) is 0. The van der Waals surface area contributed by atoms with Crippen LogP contribution in [0.1, 0.15) is 25.7 Å². The number of aliphatic hydroxyl groups is 1. The van der Waals surface area contributed by atoms with Crippen LogP contribution in [0.25, 0.3) is 0 Å². The van der Waals surface area contributed by atoms with Gasteiger partial charge in [-0.2, -0.15) is 5.26 Å². The highest BCUT2D eigenvalue weighted by Crippen LogP contribution is 2.12. The van der Waals surface area contributed by atoms with Crippen LogP contribution in [0.3, 0.4) is 0 Å². The normalized spacial score (nSPS) is 15.2. The molecule has 0 radical (unpaired) electrons. The average molecular weight is 165 g/mol. The molecule has 1 rings (SSSR count). The third-order valence-electron chi connectivity index (χ3n) is 1.91. The van der Waals surface area contributed by atoms with Crippen LogP contribution in [0.2, 0.25) is 0 Å². The Morgan fingerprint density at radius 2 is 2.33 bits per heavy atom. The van der Waals surface area contributed by atoms with E-state index in [0.717, 1.165) is 0 Å². The number of aliphatic hydroxyl groups excluding tert-OH is 1. The van der Waals surface area contributed by atoms with Crippen LogP contribution in [0.15, 0.2) is 12.4 Å². The minimum Gasteiger partial charge on any atom is -0.391 e. The zero-order valence-corrected chi connectivity index (χ0v) is 7.10. The van der Waals surface area contributed by atoms with Gasteiger partial charge >= 0.3 is 0 Å². The van der Waals surface area contributed by atoms with Gasteiger partial charge in [0.1, 0.15) is 6.07 Å². The molecule has 4 nitrogen and oxygen atoms in total. The van der Waals surface area contributed by atoms with Gasteiger partial charge in [0.2, 0.25) is 5.82 Å². The Hall–Kier alpha value is -1.34. The smallest absolute Gasteiger partial charge is 0.213 e. The van der Waals surface area contributed by atoms with Gasteiger partial charge in [-0.25, -0.2) is 4.98 Å². The van der Waals surface area contributed by atoms with E-state index >= 15 is 0 Å². The number of aromatic nitrogens is 2. The van der Waals surface area contributed by atoms with E-state index in [1.807, 2.05) is 13.0 Å². The minimum atomic E-state index is -0.480. The van der Waals surface area contributed by atoms with E-state index in [2.05, 4.69) is 4.98 Å². The zero-order chi connectivity index (χ0) is 9.14. The van der Waals surface area contributed by atoms with Gasteiger partial charge in [-0.05, 0) is 13.8 Å². The molecule has 0 spiro atoms. The van der Waals surface area contributed by atoms with Crippen molar-refractivity contribution in [2.75, 3.05) is 0 Å². The molecule has 0 aliphatic heterocycles. The summed E-state index contributed by atoms with van der Waals surface area (Å²) in [6.45, 7) is 3.53. The summed E-state index contributed by atoms with van der Waals surface area (Å²) < 4.78 is 1.66. The molecule has 1 aromatic rings. The summed E-state index contributed by atoms with van der Waals surface area (Å²) in [5.41, 5.74) is 0. The summed E-state index contributed by atoms with van der Waals surface area (Å²) >= 11 is 0.